The van der Waals surface area contributed by atoms with Gasteiger partial charge in [-0.05, 0) is 61.6 Å². The average molecular weight is 432 g/mol. The molecule has 7 heteroatoms. The number of ether oxygens (including phenoxy) is 1. The number of amides is 1. The fourth-order valence-electron chi connectivity index (χ4n) is 4.18. The van der Waals surface area contributed by atoms with Crippen LogP contribution >= 0.6 is 0 Å². The summed E-state index contributed by atoms with van der Waals surface area (Å²) < 4.78 is 5.19. The molecule has 1 saturated heterocycles. The Balaban J connectivity index is 1.34. The zero-order valence-corrected chi connectivity index (χ0v) is 18.6. The monoisotopic (exact) mass is 431 g/mol. The van der Waals surface area contributed by atoms with Crippen LogP contribution in [0, 0.1) is 6.92 Å². The lowest BCUT2D eigenvalue weighted by Crippen LogP contribution is -2.38. The van der Waals surface area contributed by atoms with Crippen LogP contribution in [0.4, 0.5) is 5.95 Å². The lowest BCUT2D eigenvalue weighted by atomic mass is 9.91. The van der Waals surface area contributed by atoms with Crippen LogP contribution in [0.25, 0.3) is 11.1 Å². The van der Waals surface area contributed by atoms with Crippen molar-refractivity contribution in [1.82, 2.24) is 19.9 Å². The summed E-state index contributed by atoms with van der Waals surface area (Å²) in [5, 5.41) is 0. The van der Waals surface area contributed by atoms with Gasteiger partial charge in [-0.25, -0.2) is 9.97 Å². The predicted molar refractivity (Wildman–Crippen MR) is 124 cm³/mol. The van der Waals surface area contributed by atoms with Crippen LogP contribution in [0.5, 0.6) is 5.75 Å². The summed E-state index contributed by atoms with van der Waals surface area (Å²) >= 11 is 0. The topological polar surface area (TPSA) is 94.2 Å². The quantitative estimate of drug-likeness (QED) is 0.638. The first-order chi connectivity index (χ1) is 15.5. The number of rotatable bonds is 6. The molecule has 0 atom stereocenters. The lowest BCUT2D eigenvalue weighted by Gasteiger charge is -2.32. The van der Waals surface area contributed by atoms with Crippen molar-refractivity contribution in [2.24, 2.45) is 0 Å². The molecule has 4 rings (SSSR count). The van der Waals surface area contributed by atoms with E-state index in [2.05, 4.69) is 16.0 Å². The van der Waals surface area contributed by atoms with E-state index in [4.69, 9.17) is 15.5 Å². The highest BCUT2D eigenvalue weighted by Crippen LogP contribution is 2.30. The minimum Gasteiger partial charge on any atom is -0.497 e. The molecule has 2 N–H and O–H groups in total. The smallest absolute Gasteiger partial charge is 0.222 e. The first-order valence-corrected chi connectivity index (χ1v) is 11.0. The van der Waals surface area contributed by atoms with Crippen LogP contribution in [0.2, 0.25) is 0 Å². The number of nitrogens with zero attached hydrogens (tertiary/aromatic N) is 4. The molecule has 32 heavy (non-hydrogen) atoms. The Kier molecular flexibility index (Phi) is 6.63. The van der Waals surface area contributed by atoms with Crippen molar-refractivity contribution < 1.29 is 9.53 Å². The third-order valence-corrected chi connectivity index (χ3v) is 6.03. The van der Waals surface area contributed by atoms with E-state index >= 15 is 0 Å². The molecule has 3 aromatic rings. The maximum Gasteiger partial charge on any atom is 0.222 e. The summed E-state index contributed by atoms with van der Waals surface area (Å²) in [6, 6.07) is 12.1. The highest BCUT2D eigenvalue weighted by atomic mass is 16.5. The first kappa shape index (κ1) is 21.7. The molecule has 7 nitrogen and oxygen atoms in total. The molecule has 0 saturated carbocycles. The fraction of sp³-hybridized carbons (Fsp3) is 0.360. The van der Waals surface area contributed by atoms with Gasteiger partial charge in [0.25, 0.3) is 0 Å². The molecule has 1 aliphatic rings. The summed E-state index contributed by atoms with van der Waals surface area (Å²) in [5.74, 6) is 1.66. The normalized spacial score (nSPS) is 14.4. The molecular weight excluding hydrogens is 402 g/mol. The van der Waals surface area contributed by atoms with E-state index in [0.29, 0.717) is 12.3 Å². The summed E-state index contributed by atoms with van der Waals surface area (Å²) in [7, 11) is 1.65. The van der Waals surface area contributed by atoms with Crippen molar-refractivity contribution in [3.63, 3.8) is 0 Å². The van der Waals surface area contributed by atoms with Gasteiger partial charge >= 0.3 is 0 Å². The van der Waals surface area contributed by atoms with E-state index in [1.165, 1.54) is 0 Å². The van der Waals surface area contributed by atoms with Gasteiger partial charge in [-0.1, -0.05) is 12.1 Å². The summed E-state index contributed by atoms with van der Waals surface area (Å²) in [5.41, 5.74) is 10.8. The van der Waals surface area contributed by atoms with Gasteiger partial charge in [0.1, 0.15) is 5.75 Å². The molecule has 0 aliphatic carbocycles. The van der Waals surface area contributed by atoms with E-state index in [9.17, 15) is 4.79 Å². The van der Waals surface area contributed by atoms with Crippen molar-refractivity contribution in [3.05, 3.63) is 65.7 Å². The standard InChI is InChI=1S/C25H29N5O2/c1-17-13-20(21-15-27-25(26)28-16-21)14-23(29-17)19-9-11-30(12-10-19)24(31)8-5-18-3-6-22(32-2)7-4-18/h3-4,6-7,13-16,19H,5,8-12H2,1-2H3,(H2,26,27,28). The third kappa shape index (κ3) is 5.22. The molecule has 1 amide bonds. The van der Waals surface area contributed by atoms with Gasteiger partial charge < -0.3 is 15.4 Å². The molecule has 1 aliphatic heterocycles. The number of likely N-dealkylation sites (tertiary alicyclic amines) is 1. The van der Waals surface area contributed by atoms with Gasteiger partial charge in [0.05, 0.1) is 7.11 Å². The van der Waals surface area contributed by atoms with Gasteiger partial charge in [0.15, 0.2) is 0 Å². The maximum atomic E-state index is 12.7. The van der Waals surface area contributed by atoms with E-state index in [-0.39, 0.29) is 11.9 Å². The number of hydrogen-bond donors (Lipinski definition) is 1. The van der Waals surface area contributed by atoms with Gasteiger partial charge in [-0.15, -0.1) is 0 Å². The second-order valence-electron chi connectivity index (χ2n) is 8.26. The highest BCUT2D eigenvalue weighted by Gasteiger charge is 2.25. The Morgan fingerprint density at radius 2 is 1.78 bits per heavy atom. The highest BCUT2D eigenvalue weighted by molar-refractivity contribution is 5.76. The van der Waals surface area contributed by atoms with E-state index in [1.54, 1.807) is 19.5 Å². The van der Waals surface area contributed by atoms with Crippen molar-refractivity contribution >= 4 is 11.9 Å². The Labute approximate surface area is 188 Å². The number of piperidine rings is 1. The van der Waals surface area contributed by atoms with Gasteiger partial charge in [-0.2, -0.15) is 0 Å². The van der Waals surface area contributed by atoms with Crippen LogP contribution in [0.1, 0.15) is 42.1 Å². The number of carbonyl (C=O) groups is 1. The van der Waals surface area contributed by atoms with Crippen molar-refractivity contribution in [2.45, 2.75) is 38.5 Å². The van der Waals surface area contributed by atoms with Crippen molar-refractivity contribution in [2.75, 3.05) is 25.9 Å². The Hall–Kier alpha value is -3.48. The summed E-state index contributed by atoms with van der Waals surface area (Å²) in [4.78, 5) is 27.7. The zero-order valence-electron chi connectivity index (χ0n) is 18.6. The van der Waals surface area contributed by atoms with E-state index < -0.39 is 0 Å². The largest absolute Gasteiger partial charge is 0.497 e. The zero-order chi connectivity index (χ0) is 22.5. The number of methoxy groups -OCH3 is 1. The number of benzene rings is 1. The molecule has 0 spiro atoms. The Bertz CT molecular complexity index is 1060. The lowest BCUT2D eigenvalue weighted by molar-refractivity contribution is -0.132. The number of anilines is 1. The molecule has 1 fully saturated rings. The molecule has 2 aromatic heterocycles. The van der Waals surface area contributed by atoms with Crippen LogP contribution in [0.3, 0.4) is 0 Å². The fourth-order valence-corrected chi connectivity index (χ4v) is 4.18. The number of pyridine rings is 1. The Morgan fingerprint density at radius 1 is 1.09 bits per heavy atom. The van der Waals surface area contributed by atoms with Crippen LogP contribution in [0.15, 0.2) is 48.8 Å². The van der Waals surface area contributed by atoms with Gasteiger partial charge in [0.2, 0.25) is 11.9 Å². The third-order valence-electron chi connectivity index (χ3n) is 6.03. The molecule has 0 bridgehead atoms. The summed E-state index contributed by atoms with van der Waals surface area (Å²) in [6.07, 6.45) is 6.59. The van der Waals surface area contributed by atoms with Crippen LogP contribution in [-0.2, 0) is 11.2 Å². The second-order valence-corrected chi connectivity index (χ2v) is 8.26. The molecule has 166 valence electrons. The number of aryl methyl sites for hydroxylation is 2. The SMILES string of the molecule is COc1ccc(CCC(=O)N2CCC(c3cc(-c4cnc(N)nc4)cc(C)n3)CC2)cc1. The minimum absolute atomic E-state index is 0.219. The van der Waals surface area contributed by atoms with Gasteiger partial charge in [0, 0.05) is 54.8 Å². The van der Waals surface area contributed by atoms with Gasteiger partial charge in [-0.3, -0.25) is 9.78 Å². The Morgan fingerprint density at radius 3 is 2.44 bits per heavy atom. The van der Waals surface area contributed by atoms with Crippen LogP contribution in [-0.4, -0.2) is 46.0 Å². The molecular formula is C25H29N5O2. The van der Waals surface area contributed by atoms with Crippen molar-refractivity contribution in [1.29, 1.82) is 0 Å². The minimum atomic E-state index is 0.219. The average Bonchev–Trinajstić information content (AvgIpc) is 2.83. The van der Waals surface area contributed by atoms with E-state index in [1.807, 2.05) is 42.2 Å². The number of hydrogen-bond acceptors (Lipinski definition) is 6. The second kappa shape index (κ2) is 9.77. The molecule has 3 heterocycles. The predicted octanol–water partition coefficient (Wildman–Crippen LogP) is 3.78. The molecule has 1 aromatic carbocycles. The molecule has 0 unspecified atom stereocenters. The summed E-state index contributed by atoms with van der Waals surface area (Å²) in [6.45, 7) is 3.53. The van der Waals surface area contributed by atoms with E-state index in [0.717, 1.165) is 66.2 Å². The van der Waals surface area contributed by atoms with Crippen molar-refractivity contribution in [3.8, 4) is 16.9 Å². The first-order valence-electron chi connectivity index (χ1n) is 11.0. The number of carbonyl (C=O) groups excluding carboxylic acids is 1. The molecule has 0 radical (unpaired) electrons. The number of nitrogens with two attached hydrogens (primary N) is 1. The number of aromatic nitrogens is 3. The number of nitrogen functional groups attached to an aromatic ring is 1. The van der Waals surface area contributed by atoms with Crippen LogP contribution < -0.4 is 10.5 Å². The maximum absolute atomic E-state index is 12.7.